The third-order valence-electron chi connectivity index (χ3n) is 2.40. The first-order valence-electron chi connectivity index (χ1n) is 5.82. The zero-order valence-corrected chi connectivity index (χ0v) is 11.7. The number of hydrogen-bond acceptors (Lipinski definition) is 6. The Hall–Kier alpha value is -2.28. The second kappa shape index (κ2) is 6.76. The minimum Gasteiger partial charge on any atom is -0.497 e. The van der Waals surface area contributed by atoms with E-state index in [9.17, 15) is 4.79 Å². The molecule has 0 aliphatic carbocycles. The molecule has 0 atom stereocenters. The van der Waals surface area contributed by atoms with Gasteiger partial charge in [0.2, 0.25) is 11.9 Å². The predicted octanol–water partition coefficient (Wildman–Crippen LogP) is 1.80. The van der Waals surface area contributed by atoms with Crippen LogP contribution < -0.4 is 15.8 Å². The molecule has 2 rings (SSSR count). The molecular formula is C13H14N4O2S. The van der Waals surface area contributed by atoms with E-state index in [-0.39, 0.29) is 17.6 Å². The minimum absolute atomic E-state index is 0.191. The summed E-state index contributed by atoms with van der Waals surface area (Å²) in [5, 5.41) is 2.61. The number of benzene rings is 1. The molecule has 1 aromatic heterocycles. The number of rotatable bonds is 5. The SMILES string of the molecule is COc1ccc(N)c(SCC(=O)Nc2ncccn2)c1. The van der Waals surface area contributed by atoms with Crippen molar-refractivity contribution in [1.82, 2.24) is 9.97 Å². The van der Waals surface area contributed by atoms with Crippen LogP contribution in [-0.4, -0.2) is 28.7 Å². The maximum absolute atomic E-state index is 11.8. The lowest BCUT2D eigenvalue weighted by atomic mass is 10.3. The summed E-state index contributed by atoms with van der Waals surface area (Å²) in [7, 11) is 1.58. The summed E-state index contributed by atoms with van der Waals surface area (Å²) >= 11 is 1.33. The topological polar surface area (TPSA) is 90.1 Å². The second-order valence-electron chi connectivity index (χ2n) is 3.81. The van der Waals surface area contributed by atoms with Crippen molar-refractivity contribution in [2.75, 3.05) is 23.9 Å². The van der Waals surface area contributed by atoms with E-state index in [1.54, 1.807) is 43.8 Å². The summed E-state index contributed by atoms with van der Waals surface area (Å²) in [6.45, 7) is 0. The highest BCUT2D eigenvalue weighted by Crippen LogP contribution is 2.28. The minimum atomic E-state index is -0.191. The fourth-order valence-electron chi connectivity index (χ4n) is 1.43. The number of amides is 1. The number of carbonyl (C=O) groups is 1. The molecule has 0 spiro atoms. The van der Waals surface area contributed by atoms with Gasteiger partial charge in [0.05, 0.1) is 12.9 Å². The van der Waals surface area contributed by atoms with Crippen LogP contribution in [0, 0.1) is 0 Å². The first-order valence-corrected chi connectivity index (χ1v) is 6.81. The summed E-state index contributed by atoms with van der Waals surface area (Å²) in [6.07, 6.45) is 3.13. The van der Waals surface area contributed by atoms with E-state index in [1.807, 2.05) is 0 Å². The first-order chi connectivity index (χ1) is 9.69. The van der Waals surface area contributed by atoms with Gasteiger partial charge in [-0.15, -0.1) is 11.8 Å². The molecule has 2 aromatic rings. The van der Waals surface area contributed by atoms with Crippen molar-refractivity contribution in [3.63, 3.8) is 0 Å². The first kappa shape index (κ1) is 14.1. The summed E-state index contributed by atoms with van der Waals surface area (Å²) in [5.41, 5.74) is 6.46. The Morgan fingerprint density at radius 1 is 1.40 bits per heavy atom. The number of ether oxygens (including phenoxy) is 1. The lowest BCUT2D eigenvalue weighted by Gasteiger charge is -2.07. The van der Waals surface area contributed by atoms with E-state index >= 15 is 0 Å². The Balaban J connectivity index is 1.93. The quantitative estimate of drug-likeness (QED) is 0.644. The fourth-order valence-corrected chi connectivity index (χ4v) is 2.23. The molecule has 6 nitrogen and oxygen atoms in total. The number of methoxy groups -OCH3 is 1. The van der Waals surface area contributed by atoms with Gasteiger partial charge >= 0.3 is 0 Å². The fraction of sp³-hybridized carbons (Fsp3) is 0.154. The maximum Gasteiger partial charge on any atom is 0.237 e. The van der Waals surface area contributed by atoms with Crippen LogP contribution >= 0.6 is 11.8 Å². The van der Waals surface area contributed by atoms with E-state index < -0.39 is 0 Å². The normalized spacial score (nSPS) is 10.1. The van der Waals surface area contributed by atoms with E-state index in [0.29, 0.717) is 11.4 Å². The summed E-state index contributed by atoms with van der Waals surface area (Å²) in [4.78, 5) is 20.4. The van der Waals surface area contributed by atoms with E-state index in [4.69, 9.17) is 10.5 Å². The molecule has 3 N–H and O–H groups in total. The highest BCUT2D eigenvalue weighted by atomic mass is 32.2. The summed E-state index contributed by atoms with van der Waals surface area (Å²) in [5.74, 6) is 1.02. The Morgan fingerprint density at radius 3 is 2.85 bits per heavy atom. The van der Waals surface area contributed by atoms with Crippen molar-refractivity contribution in [2.24, 2.45) is 0 Å². The van der Waals surface area contributed by atoms with Crippen LogP contribution in [0.3, 0.4) is 0 Å². The highest BCUT2D eigenvalue weighted by molar-refractivity contribution is 8.00. The largest absolute Gasteiger partial charge is 0.497 e. The molecule has 1 amide bonds. The Labute approximate surface area is 120 Å². The number of anilines is 2. The number of thioether (sulfide) groups is 1. The number of carbonyl (C=O) groups excluding carboxylic acids is 1. The average molecular weight is 290 g/mol. The van der Waals surface area contributed by atoms with Gasteiger partial charge in [-0.25, -0.2) is 9.97 Å². The van der Waals surface area contributed by atoms with Crippen molar-refractivity contribution in [2.45, 2.75) is 4.90 Å². The third kappa shape index (κ3) is 3.86. The molecule has 0 saturated heterocycles. The molecule has 0 fully saturated rings. The van der Waals surface area contributed by atoms with E-state index in [1.165, 1.54) is 11.8 Å². The van der Waals surface area contributed by atoms with Crippen LogP contribution in [0.25, 0.3) is 0 Å². The number of nitrogens with one attached hydrogen (secondary N) is 1. The van der Waals surface area contributed by atoms with Gasteiger partial charge in [-0.2, -0.15) is 0 Å². The number of aromatic nitrogens is 2. The molecule has 0 bridgehead atoms. The predicted molar refractivity (Wildman–Crippen MR) is 78.8 cm³/mol. The molecule has 0 aliphatic heterocycles. The second-order valence-corrected chi connectivity index (χ2v) is 4.83. The van der Waals surface area contributed by atoms with E-state index in [2.05, 4.69) is 15.3 Å². The van der Waals surface area contributed by atoms with Crippen LogP contribution in [0.4, 0.5) is 11.6 Å². The lowest BCUT2D eigenvalue weighted by Crippen LogP contribution is -2.15. The van der Waals surface area contributed by atoms with Crippen molar-refractivity contribution < 1.29 is 9.53 Å². The highest BCUT2D eigenvalue weighted by Gasteiger charge is 2.08. The lowest BCUT2D eigenvalue weighted by molar-refractivity contribution is -0.113. The van der Waals surface area contributed by atoms with Crippen LogP contribution in [0.1, 0.15) is 0 Å². The van der Waals surface area contributed by atoms with Crippen molar-refractivity contribution in [3.8, 4) is 5.75 Å². The van der Waals surface area contributed by atoms with Crippen LogP contribution in [0.5, 0.6) is 5.75 Å². The third-order valence-corrected chi connectivity index (χ3v) is 3.47. The molecule has 0 saturated carbocycles. The standard InChI is InChI=1S/C13H14N4O2S/c1-19-9-3-4-10(14)11(7-9)20-8-12(18)17-13-15-5-2-6-16-13/h2-7H,8,14H2,1H3,(H,15,16,17,18). The number of nitrogens with two attached hydrogens (primary N) is 1. The van der Waals surface area contributed by atoms with Gasteiger partial charge in [0, 0.05) is 23.0 Å². The molecule has 0 unspecified atom stereocenters. The van der Waals surface area contributed by atoms with Crippen LogP contribution in [-0.2, 0) is 4.79 Å². The van der Waals surface area contributed by atoms with Crippen molar-refractivity contribution in [1.29, 1.82) is 0 Å². The monoisotopic (exact) mass is 290 g/mol. The molecular weight excluding hydrogens is 276 g/mol. The Kier molecular flexibility index (Phi) is 4.78. The molecule has 1 heterocycles. The van der Waals surface area contributed by atoms with Gasteiger partial charge in [-0.3, -0.25) is 10.1 Å². The molecule has 0 radical (unpaired) electrons. The van der Waals surface area contributed by atoms with Crippen molar-refractivity contribution in [3.05, 3.63) is 36.7 Å². The zero-order chi connectivity index (χ0) is 14.4. The van der Waals surface area contributed by atoms with Gasteiger partial charge < -0.3 is 10.5 Å². The molecule has 104 valence electrons. The average Bonchev–Trinajstić information content (AvgIpc) is 2.47. The Morgan fingerprint density at radius 2 is 2.15 bits per heavy atom. The van der Waals surface area contributed by atoms with Gasteiger partial charge in [-0.05, 0) is 24.3 Å². The van der Waals surface area contributed by atoms with Gasteiger partial charge in [0.15, 0.2) is 0 Å². The molecule has 1 aromatic carbocycles. The van der Waals surface area contributed by atoms with Gasteiger partial charge in [-0.1, -0.05) is 0 Å². The van der Waals surface area contributed by atoms with Crippen molar-refractivity contribution >= 4 is 29.3 Å². The smallest absolute Gasteiger partial charge is 0.237 e. The zero-order valence-electron chi connectivity index (χ0n) is 10.9. The number of hydrogen-bond donors (Lipinski definition) is 2. The van der Waals surface area contributed by atoms with Gasteiger partial charge in [0.1, 0.15) is 5.75 Å². The number of nitrogens with zero attached hydrogens (tertiary/aromatic N) is 2. The molecule has 20 heavy (non-hydrogen) atoms. The Bertz CT molecular complexity index is 592. The van der Waals surface area contributed by atoms with E-state index in [0.717, 1.165) is 4.90 Å². The molecule has 7 heteroatoms. The summed E-state index contributed by atoms with van der Waals surface area (Å²) < 4.78 is 5.12. The van der Waals surface area contributed by atoms with Crippen LogP contribution in [0.2, 0.25) is 0 Å². The maximum atomic E-state index is 11.8. The number of nitrogen functional groups attached to an aromatic ring is 1. The van der Waals surface area contributed by atoms with Gasteiger partial charge in [0.25, 0.3) is 0 Å². The van der Waals surface area contributed by atoms with Crippen LogP contribution in [0.15, 0.2) is 41.6 Å². The molecule has 0 aliphatic rings. The summed E-state index contributed by atoms with van der Waals surface area (Å²) in [6, 6.07) is 7.00.